The van der Waals surface area contributed by atoms with Crippen LogP contribution in [0.4, 0.5) is 0 Å². The zero-order chi connectivity index (χ0) is 59.5. The third kappa shape index (κ3) is 35.8. The molecule has 444 valence electrons. The normalized spacial score (nSPS) is 12.4. The van der Waals surface area contributed by atoms with Crippen LogP contribution in [-0.2, 0) is 93.2 Å². The number of nitrogens with two attached hydrogens (primary N) is 1. The first-order chi connectivity index (χ1) is 39.0. The van der Waals surface area contributed by atoms with E-state index in [9.17, 15) is 38.4 Å². The van der Waals surface area contributed by atoms with E-state index in [1.165, 1.54) is 32.1 Å². The highest BCUT2D eigenvalue weighted by Crippen LogP contribution is 2.20. The van der Waals surface area contributed by atoms with Gasteiger partial charge in [-0.05, 0) is 81.0 Å². The molecule has 0 bridgehead atoms. The van der Waals surface area contributed by atoms with Crippen molar-refractivity contribution >= 4 is 47.8 Å². The van der Waals surface area contributed by atoms with Crippen LogP contribution in [0.1, 0.15) is 172 Å². The summed E-state index contributed by atoms with van der Waals surface area (Å²) in [4.78, 5) is 94.8. The van der Waals surface area contributed by atoms with Crippen LogP contribution in [0.2, 0.25) is 0 Å². The second-order valence-corrected chi connectivity index (χ2v) is 19.9. The number of carboxylic acid groups (broad SMARTS) is 2. The Morgan fingerprint density at radius 2 is 0.728 bits per heavy atom. The van der Waals surface area contributed by atoms with E-state index in [-0.39, 0.29) is 102 Å². The monoisotopic (exact) mass is 1130 g/mol. The van der Waals surface area contributed by atoms with Gasteiger partial charge in [-0.1, -0.05) is 180 Å². The second kappa shape index (κ2) is 43.4. The van der Waals surface area contributed by atoms with Crippen molar-refractivity contribution in [2.24, 2.45) is 17.6 Å². The van der Waals surface area contributed by atoms with Gasteiger partial charge in [0.25, 0.3) is 0 Å². The molecule has 81 heavy (non-hydrogen) atoms. The Hall–Kier alpha value is -7.40. The number of benzene rings is 4. The molecule has 0 aromatic heterocycles. The summed E-state index contributed by atoms with van der Waals surface area (Å²) in [5.41, 5.74) is 8.66. The van der Waals surface area contributed by atoms with Gasteiger partial charge in [0.15, 0.2) is 0 Å². The molecule has 0 radical (unpaired) electrons. The van der Waals surface area contributed by atoms with Crippen LogP contribution in [0.5, 0.6) is 0 Å². The highest BCUT2D eigenvalue weighted by Gasteiger charge is 2.27. The summed E-state index contributed by atoms with van der Waals surface area (Å²) >= 11 is 0. The van der Waals surface area contributed by atoms with Crippen LogP contribution in [-0.4, -0.2) is 76.2 Å². The Labute approximate surface area is 478 Å². The number of unbranched alkanes of at least 4 members (excludes halogenated alkanes) is 7. The van der Waals surface area contributed by atoms with Crippen molar-refractivity contribution in [3.63, 3.8) is 0 Å². The third-order valence-corrected chi connectivity index (χ3v) is 12.6. The van der Waals surface area contributed by atoms with Gasteiger partial charge in [-0.25, -0.2) is 0 Å². The maximum atomic E-state index is 12.8. The molecule has 0 saturated heterocycles. The van der Waals surface area contributed by atoms with Crippen molar-refractivity contribution in [2.75, 3.05) is 0 Å². The first-order valence-corrected chi connectivity index (χ1v) is 28.4. The maximum absolute atomic E-state index is 12.8. The van der Waals surface area contributed by atoms with Gasteiger partial charge in [0.05, 0.1) is 36.9 Å². The molecule has 0 aliphatic rings. The predicted molar refractivity (Wildman–Crippen MR) is 305 cm³/mol. The average molecular weight is 1130 g/mol. The molecule has 4 unspecified atom stereocenters. The van der Waals surface area contributed by atoms with Crippen LogP contribution in [0.15, 0.2) is 121 Å². The van der Waals surface area contributed by atoms with Crippen LogP contribution >= 0.6 is 0 Å². The SMILES string of the molecule is CCCCCCC(C)OC(=O)CC[C@H](N)C(=O)O.CCCCCCCC(C)OC(=O)CCC(CC(=O)OCc1ccccc1)C(=O)OCc1ccccc1.O=C(O)CCC(CC(=O)OCc1ccccc1)C(=O)OCc1ccccc1. The molecule has 0 aliphatic heterocycles. The number of hydrogen-bond acceptors (Lipinski definition) is 15. The molecule has 17 heteroatoms. The topological polar surface area (TPSA) is 258 Å². The lowest BCUT2D eigenvalue weighted by atomic mass is 9.99. The lowest BCUT2D eigenvalue weighted by Crippen LogP contribution is -2.31. The van der Waals surface area contributed by atoms with E-state index in [1.54, 1.807) is 0 Å². The number of carbonyl (C=O) groups excluding carboxylic acids is 6. The largest absolute Gasteiger partial charge is 0.481 e. The Morgan fingerprint density at radius 3 is 1.07 bits per heavy atom. The minimum absolute atomic E-state index is 0.0173. The lowest BCUT2D eigenvalue weighted by Gasteiger charge is -2.17. The fraction of sp³-hybridized carbons (Fsp3) is 0.500. The molecule has 0 saturated carbocycles. The first-order valence-electron chi connectivity index (χ1n) is 28.4. The van der Waals surface area contributed by atoms with Gasteiger partial charge in [-0.3, -0.25) is 38.4 Å². The molecular weight excluding hydrogens is 1040 g/mol. The van der Waals surface area contributed by atoms with E-state index >= 15 is 0 Å². The molecular formula is C64H87NO16. The van der Waals surface area contributed by atoms with Gasteiger partial charge >= 0.3 is 47.8 Å². The molecule has 0 heterocycles. The maximum Gasteiger partial charge on any atom is 0.320 e. The number of ether oxygens (including phenoxy) is 6. The minimum Gasteiger partial charge on any atom is -0.481 e. The molecule has 0 aliphatic carbocycles. The fourth-order valence-electron chi connectivity index (χ4n) is 7.86. The fourth-order valence-corrected chi connectivity index (χ4v) is 7.86. The Balaban J connectivity index is 0.000000440. The van der Waals surface area contributed by atoms with Gasteiger partial charge < -0.3 is 44.4 Å². The van der Waals surface area contributed by atoms with Gasteiger partial charge in [0.1, 0.15) is 32.5 Å². The van der Waals surface area contributed by atoms with Gasteiger partial charge in [0.2, 0.25) is 0 Å². The summed E-state index contributed by atoms with van der Waals surface area (Å²) in [6, 6.07) is 36.0. The smallest absolute Gasteiger partial charge is 0.320 e. The third-order valence-electron chi connectivity index (χ3n) is 12.6. The van der Waals surface area contributed by atoms with E-state index in [0.29, 0.717) is 0 Å². The van der Waals surface area contributed by atoms with Crippen molar-refractivity contribution in [1.82, 2.24) is 0 Å². The van der Waals surface area contributed by atoms with E-state index in [2.05, 4.69) is 13.8 Å². The number of rotatable bonds is 37. The zero-order valence-corrected chi connectivity index (χ0v) is 47.9. The standard InChI is InChI=1S/C30H40O6.C21H22O6.C13H25NO4/c1-3-4-5-6-9-14-24(2)36-28(31)20-19-27(30(33)35-23-26-17-12-8-13-18-26)21-29(32)34-22-25-15-10-7-11-16-25;22-19(23)12-11-18(21(25)27-15-17-9-5-2-6-10-17)13-20(24)26-14-16-7-3-1-4-8-16;1-3-4-5-6-7-10(2)18-12(15)9-8-11(14)13(16)17/h7-8,10-13,15-18,24,27H,3-6,9,14,19-23H2,1-2H3;1-10,18H,11-15H2,(H,22,23);10-11H,3-9,14H2,1-2H3,(H,16,17)/t;;10?,11-/m..0/s1. The molecule has 4 aromatic carbocycles. The summed E-state index contributed by atoms with van der Waals surface area (Å²) < 4.78 is 31.9. The summed E-state index contributed by atoms with van der Waals surface area (Å²) in [5, 5.41) is 17.4. The molecule has 17 nitrogen and oxygen atoms in total. The molecule has 0 amide bonds. The van der Waals surface area contributed by atoms with E-state index in [1.807, 2.05) is 135 Å². The molecule has 4 aromatic rings. The summed E-state index contributed by atoms with van der Waals surface area (Å²) in [6.07, 6.45) is 11.6. The van der Waals surface area contributed by atoms with Crippen molar-refractivity contribution in [1.29, 1.82) is 0 Å². The quantitative estimate of drug-likeness (QED) is 0.0215. The second-order valence-electron chi connectivity index (χ2n) is 19.9. The first kappa shape index (κ1) is 69.7. The summed E-state index contributed by atoms with van der Waals surface area (Å²) in [5.74, 6) is -6.68. The minimum atomic E-state index is -1.09. The molecule has 0 fully saturated rings. The van der Waals surface area contributed by atoms with Crippen molar-refractivity contribution < 1.29 is 77.0 Å². The molecule has 0 spiro atoms. The van der Waals surface area contributed by atoms with E-state index in [4.69, 9.17) is 44.4 Å². The van der Waals surface area contributed by atoms with Crippen LogP contribution in [0, 0.1) is 11.8 Å². The number of carbonyl (C=O) groups is 8. The van der Waals surface area contributed by atoms with Gasteiger partial charge in [-0.2, -0.15) is 0 Å². The Morgan fingerprint density at radius 1 is 0.407 bits per heavy atom. The van der Waals surface area contributed by atoms with Crippen molar-refractivity contribution in [3.05, 3.63) is 144 Å². The lowest BCUT2D eigenvalue weighted by molar-refractivity contribution is -0.158. The number of aliphatic carboxylic acids is 2. The number of carboxylic acids is 2. The van der Waals surface area contributed by atoms with Crippen molar-refractivity contribution in [3.8, 4) is 0 Å². The van der Waals surface area contributed by atoms with Crippen LogP contribution < -0.4 is 5.73 Å². The van der Waals surface area contributed by atoms with Gasteiger partial charge in [0, 0.05) is 19.3 Å². The van der Waals surface area contributed by atoms with E-state index in [0.717, 1.165) is 60.8 Å². The summed E-state index contributed by atoms with van der Waals surface area (Å²) in [7, 11) is 0. The van der Waals surface area contributed by atoms with Crippen LogP contribution in [0.3, 0.4) is 0 Å². The average Bonchev–Trinajstić information content (AvgIpc) is 3.46. The molecule has 4 rings (SSSR count). The predicted octanol–water partition coefficient (Wildman–Crippen LogP) is 12.0. The van der Waals surface area contributed by atoms with Crippen molar-refractivity contribution in [2.45, 2.75) is 194 Å². The molecule has 4 N–H and O–H groups in total. The van der Waals surface area contributed by atoms with Gasteiger partial charge in [-0.15, -0.1) is 0 Å². The highest BCUT2D eigenvalue weighted by molar-refractivity contribution is 5.81. The highest BCUT2D eigenvalue weighted by atomic mass is 16.6. The number of esters is 6. The Kier molecular flexibility index (Phi) is 37.4. The number of hydrogen-bond donors (Lipinski definition) is 3. The Bertz CT molecular complexity index is 2390. The molecule has 5 atom stereocenters. The van der Waals surface area contributed by atoms with Crippen LogP contribution in [0.25, 0.3) is 0 Å². The summed E-state index contributed by atoms with van der Waals surface area (Å²) in [6.45, 7) is 8.49. The van der Waals surface area contributed by atoms with E-state index < -0.39 is 53.7 Å². The zero-order valence-electron chi connectivity index (χ0n) is 47.9.